The lowest BCUT2D eigenvalue weighted by molar-refractivity contribution is -0.386. The number of halogens is 1. The maximum Gasteiger partial charge on any atom is 0.312 e. The molecule has 0 saturated heterocycles. The van der Waals surface area contributed by atoms with Gasteiger partial charge in [-0.25, -0.2) is 0 Å². The van der Waals surface area contributed by atoms with Gasteiger partial charge >= 0.3 is 5.69 Å². The Bertz CT molecular complexity index is 692. The molecule has 1 heterocycles. The molecule has 2 aromatic carbocycles. The molecule has 4 nitrogen and oxygen atoms in total. The van der Waals surface area contributed by atoms with Gasteiger partial charge in [-0.1, -0.05) is 24.3 Å². The molecule has 1 unspecified atom stereocenters. The summed E-state index contributed by atoms with van der Waals surface area (Å²) < 4.78 is 6.38. The number of nitro groups is 1. The lowest BCUT2D eigenvalue weighted by Gasteiger charge is -2.13. The van der Waals surface area contributed by atoms with Crippen LogP contribution in [0.1, 0.15) is 11.5 Å². The highest BCUT2D eigenvalue weighted by molar-refractivity contribution is 9.10. The van der Waals surface area contributed by atoms with Crippen LogP contribution in [0.4, 0.5) is 5.69 Å². The third-order valence-corrected chi connectivity index (χ3v) is 5.25. The Morgan fingerprint density at radius 3 is 2.90 bits per heavy atom. The first kappa shape index (κ1) is 14.4. The van der Waals surface area contributed by atoms with Gasteiger partial charge in [-0.3, -0.25) is 10.1 Å². The summed E-state index contributed by atoms with van der Waals surface area (Å²) in [7, 11) is 0. The number of para-hydroxylation sites is 1. The Morgan fingerprint density at radius 2 is 2.10 bits per heavy atom. The van der Waals surface area contributed by atoms with E-state index in [0.717, 1.165) is 5.75 Å². The number of nitro benzene ring substituents is 1. The second-order valence-electron chi connectivity index (χ2n) is 4.70. The van der Waals surface area contributed by atoms with Crippen molar-refractivity contribution in [1.82, 2.24) is 0 Å². The smallest absolute Gasteiger partial charge is 0.312 e. The quantitative estimate of drug-likeness (QED) is 0.585. The molecule has 2 aromatic rings. The predicted molar refractivity (Wildman–Crippen MR) is 86.2 cm³/mol. The van der Waals surface area contributed by atoms with Crippen LogP contribution in [0.5, 0.6) is 5.75 Å². The fourth-order valence-corrected chi connectivity index (χ4v) is 4.04. The van der Waals surface area contributed by atoms with Crippen molar-refractivity contribution in [1.29, 1.82) is 0 Å². The van der Waals surface area contributed by atoms with Gasteiger partial charge in [-0.2, -0.15) is 0 Å². The minimum atomic E-state index is -0.419. The molecule has 6 heteroatoms. The molecule has 1 atom stereocenters. The van der Waals surface area contributed by atoms with Gasteiger partial charge in [0.25, 0.3) is 0 Å². The summed E-state index contributed by atoms with van der Waals surface area (Å²) in [4.78, 5) is 11.9. The monoisotopic (exact) mass is 365 g/mol. The van der Waals surface area contributed by atoms with E-state index in [1.54, 1.807) is 23.9 Å². The van der Waals surface area contributed by atoms with Gasteiger partial charge < -0.3 is 4.74 Å². The van der Waals surface area contributed by atoms with Crippen molar-refractivity contribution in [3.63, 3.8) is 0 Å². The standard InChI is InChI=1S/C15H12BrNO3S/c16-12-5-3-6-13(17(18)19)15(12)20-8-10-9-21-14-7-2-1-4-11(10)14/h1-7,10H,8-9H2. The second-order valence-corrected chi connectivity index (χ2v) is 6.62. The van der Waals surface area contributed by atoms with Crippen LogP contribution in [0.15, 0.2) is 51.8 Å². The number of nitrogens with zero attached hydrogens (tertiary/aromatic N) is 1. The Kier molecular flexibility index (Phi) is 4.17. The molecule has 0 radical (unpaired) electrons. The Labute approximate surface area is 134 Å². The van der Waals surface area contributed by atoms with E-state index in [1.165, 1.54) is 16.5 Å². The lowest BCUT2D eigenvalue weighted by Crippen LogP contribution is -2.11. The van der Waals surface area contributed by atoms with Crippen molar-refractivity contribution in [3.8, 4) is 5.75 Å². The normalized spacial score (nSPS) is 16.5. The van der Waals surface area contributed by atoms with E-state index in [9.17, 15) is 10.1 Å². The van der Waals surface area contributed by atoms with Crippen molar-refractivity contribution < 1.29 is 9.66 Å². The summed E-state index contributed by atoms with van der Waals surface area (Å²) in [6.07, 6.45) is 0. The van der Waals surface area contributed by atoms with Gasteiger partial charge in [0.2, 0.25) is 5.75 Å². The van der Waals surface area contributed by atoms with Gasteiger partial charge in [0.1, 0.15) is 0 Å². The van der Waals surface area contributed by atoms with E-state index in [0.29, 0.717) is 16.8 Å². The molecule has 0 spiro atoms. The Hall–Kier alpha value is -1.53. The van der Waals surface area contributed by atoms with Gasteiger partial charge in [-0.15, -0.1) is 11.8 Å². The molecule has 0 aromatic heterocycles. The van der Waals surface area contributed by atoms with E-state index < -0.39 is 4.92 Å². The first-order valence-electron chi connectivity index (χ1n) is 6.44. The van der Waals surface area contributed by atoms with Gasteiger partial charge in [0.15, 0.2) is 0 Å². The number of thioether (sulfide) groups is 1. The van der Waals surface area contributed by atoms with Crippen LogP contribution in [0.3, 0.4) is 0 Å². The Morgan fingerprint density at radius 1 is 1.29 bits per heavy atom. The lowest BCUT2D eigenvalue weighted by atomic mass is 10.0. The summed E-state index contributed by atoms with van der Waals surface area (Å²) in [6.45, 7) is 0.438. The highest BCUT2D eigenvalue weighted by Gasteiger charge is 2.25. The molecule has 21 heavy (non-hydrogen) atoms. The summed E-state index contributed by atoms with van der Waals surface area (Å²) in [5, 5.41) is 11.1. The molecule has 0 bridgehead atoms. The molecule has 0 amide bonds. The summed E-state index contributed by atoms with van der Waals surface area (Å²) in [6, 6.07) is 13.1. The zero-order valence-corrected chi connectivity index (χ0v) is 13.4. The molecule has 3 rings (SSSR count). The predicted octanol–water partition coefficient (Wildman–Crippen LogP) is 4.63. The number of fused-ring (bicyclic) bond motifs is 1. The average Bonchev–Trinajstić information content (AvgIpc) is 2.89. The van der Waals surface area contributed by atoms with E-state index in [-0.39, 0.29) is 11.6 Å². The van der Waals surface area contributed by atoms with Crippen LogP contribution in [0, 0.1) is 10.1 Å². The number of hydrogen-bond donors (Lipinski definition) is 0. The summed E-state index contributed by atoms with van der Waals surface area (Å²) in [5.74, 6) is 1.51. The summed E-state index contributed by atoms with van der Waals surface area (Å²) >= 11 is 5.12. The van der Waals surface area contributed by atoms with Gasteiger partial charge in [-0.05, 0) is 33.6 Å². The van der Waals surface area contributed by atoms with Crippen molar-refractivity contribution in [2.45, 2.75) is 10.8 Å². The van der Waals surface area contributed by atoms with Crippen molar-refractivity contribution in [2.75, 3.05) is 12.4 Å². The third kappa shape index (κ3) is 2.91. The zero-order valence-electron chi connectivity index (χ0n) is 11.0. The Balaban J connectivity index is 1.79. The number of hydrogen-bond acceptors (Lipinski definition) is 4. The van der Waals surface area contributed by atoms with Crippen LogP contribution >= 0.6 is 27.7 Å². The average molecular weight is 366 g/mol. The number of ether oxygens (including phenoxy) is 1. The second kappa shape index (κ2) is 6.07. The SMILES string of the molecule is O=[N+]([O-])c1cccc(Br)c1OCC1CSc2ccccc21. The molecule has 1 aliphatic heterocycles. The third-order valence-electron chi connectivity index (χ3n) is 3.37. The van der Waals surface area contributed by atoms with Crippen LogP contribution in [0.2, 0.25) is 0 Å². The molecule has 0 fully saturated rings. The number of benzene rings is 2. The first-order chi connectivity index (χ1) is 10.2. The zero-order chi connectivity index (χ0) is 14.8. The van der Waals surface area contributed by atoms with Crippen LogP contribution < -0.4 is 4.74 Å². The first-order valence-corrected chi connectivity index (χ1v) is 8.22. The minimum absolute atomic E-state index is 0.0108. The minimum Gasteiger partial charge on any atom is -0.485 e. The maximum atomic E-state index is 11.1. The highest BCUT2D eigenvalue weighted by Crippen LogP contribution is 2.41. The molecular formula is C15H12BrNO3S. The van der Waals surface area contributed by atoms with Crippen molar-refractivity contribution in [3.05, 3.63) is 62.6 Å². The molecule has 0 N–H and O–H groups in total. The topological polar surface area (TPSA) is 52.4 Å². The van der Waals surface area contributed by atoms with Gasteiger partial charge in [0, 0.05) is 22.6 Å². The van der Waals surface area contributed by atoms with Crippen LogP contribution in [-0.4, -0.2) is 17.3 Å². The summed E-state index contributed by atoms with van der Waals surface area (Å²) in [5.41, 5.74) is 1.25. The molecule has 108 valence electrons. The van der Waals surface area contributed by atoms with Crippen molar-refractivity contribution in [2.24, 2.45) is 0 Å². The van der Waals surface area contributed by atoms with Crippen LogP contribution in [0.25, 0.3) is 0 Å². The van der Waals surface area contributed by atoms with Gasteiger partial charge in [0.05, 0.1) is 16.0 Å². The number of rotatable bonds is 4. The van der Waals surface area contributed by atoms with E-state index >= 15 is 0 Å². The van der Waals surface area contributed by atoms with Crippen LogP contribution in [-0.2, 0) is 0 Å². The molecule has 0 aliphatic carbocycles. The van der Waals surface area contributed by atoms with E-state index in [4.69, 9.17) is 4.74 Å². The van der Waals surface area contributed by atoms with E-state index in [2.05, 4.69) is 28.1 Å². The fourth-order valence-electron chi connectivity index (χ4n) is 2.34. The fraction of sp³-hybridized carbons (Fsp3) is 0.200. The molecule has 1 aliphatic rings. The maximum absolute atomic E-state index is 11.1. The van der Waals surface area contributed by atoms with E-state index in [1.807, 2.05) is 12.1 Å². The highest BCUT2D eigenvalue weighted by atomic mass is 79.9. The molecule has 0 saturated carbocycles. The van der Waals surface area contributed by atoms with Crippen molar-refractivity contribution >= 4 is 33.4 Å². The largest absolute Gasteiger partial charge is 0.485 e. The molecular weight excluding hydrogens is 354 g/mol.